The van der Waals surface area contributed by atoms with E-state index < -0.39 is 6.10 Å². The first-order valence-electron chi connectivity index (χ1n) is 6.63. The van der Waals surface area contributed by atoms with Crippen molar-refractivity contribution >= 4 is 18.3 Å². The zero-order valence-corrected chi connectivity index (χ0v) is 11.8. The van der Waals surface area contributed by atoms with Gasteiger partial charge in [0.25, 0.3) is 0 Å². The second-order valence-electron chi connectivity index (χ2n) is 5.29. The van der Waals surface area contributed by atoms with Gasteiger partial charge >= 0.3 is 0 Å². The standard InChI is InChI=1S/C14H17FN2O2.ClH/c15-9-2-3-11-8(5-9)1-4-12(11)17-14(19)13-6-10(18)7-16-13;/h2-3,5,10,12-13,16,18H,1,4,6-7H2,(H,17,19);1H. The van der Waals surface area contributed by atoms with Crippen LogP contribution in [0.2, 0.25) is 0 Å². The summed E-state index contributed by atoms with van der Waals surface area (Å²) in [6.07, 6.45) is 1.61. The molecule has 1 saturated heterocycles. The van der Waals surface area contributed by atoms with Crippen LogP contribution in [0.1, 0.15) is 30.0 Å². The lowest BCUT2D eigenvalue weighted by atomic mass is 10.1. The first-order chi connectivity index (χ1) is 9.13. The number of hydrogen-bond donors (Lipinski definition) is 3. The van der Waals surface area contributed by atoms with Crippen molar-refractivity contribution in [3.63, 3.8) is 0 Å². The van der Waals surface area contributed by atoms with Gasteiger partial charge < -0.3 is 15.7 Å². The molecule has 3 N–H and O–H groups in total. The number of carbonyl (C=O) groups is 1. The predicted molar refractivity (Wildman–Crippen MR) is 75.3 cm³/mol. The number of β-amino-alcohol motifs (C(OH)–C–C–N with tert-alkyl or cyclic N) is 1. The lowest BCUT2D eigenvalue weighted by molar-refractivity contribution is -0.123. The van der Waals surface area contributed by atoms with Crippen LogP contribution in [0.25, 0.3) is 0 Å². The van der Waals surface area contributed by atoms with Crippen molar-refractivity contribution in [1.29, 1.82) is 0 Å². The van der Waals surface area contributed by atoms with E-state index >= 15 is 0 Å². The van der Waals surface area contributed by atoms with Gasteiger partial charge in [0.1, 0.15) is 5.82 Å². The van der Waals surface area contributed by atoms with Gasteiger partial charge in [-0.3, -0.25) is 4.79 Å². The molecule has 2 aliphatic rings. The highest BCUT2D eigenvalue weighted by Crippen LogP contribution is 2.31. The van der Waals surface area contributed by atoms with Crippen LogP contribution in [0.3, 0.4) is 0 Å². The van der Waals surface area contributed by atoms with E-state index in [0.717, 1.165) is 24.0 Å². The van der Waals surface area contributed by atoms with Crippen molar-refractivity contribution in [3.05, 3.63) is 35.1 Å². The van der Waals surface area contributed by atoms with Crippen LogP contribution in [0, 0.1) is 5.82 Å². The van der Waals surface area contributed by atoms with E-state index in [2.05, 4.69) is 10.6 Å². The zero-order chi connectivity index (χ0) is 13.4. The SMILES string of the molecule is Cl.O=C(NC1CCc2cc(F)ccc21)C1CC(O)CN1. The van der Waals surface area contributed by atoms with Gasteiger partial charge in [-0.1, -0.05) is 6.07 Å². The smallest absolute Gasteiger partial charge is 0.237 e. The molecule has 1 amide bonds. The largest absolute Gasteiger partial charge is 0.392 e. The van der Waals surface area contributed by atoms with Gasteiger partial charge in [-0.05, 0) is 42.5 Å². The summed E-state index contributed by atoms with van der Waals surface area (Å²) in [4.78, 5) is 12.1. The number of aliphatic hydroxyl groups excluding tert-OH is 1. The number of aliphatic hydroxyl groups is 1. The first-order valence-corrected chi connectivity index (χ1v) is 6.63. The lowest BCUT2D eigenvalue weighted by Gasteiger charge is -2.17. The van der Waals surface area contributed by atoms with E-state index in [1.165, 1.54) is 6.07 Å². The molecule has 20 heavy (non-hydrogen) atoms. The summed E-state index contributed by atoms with van der Waals surface area (Å²) in [5.74, 6) is -0.315. The van der Waals surface area contributed by atoms with Gasteiger partial charge in [0.2, 0.25) is 5.91 Å². The minimum Gasteiger partial charge on any atom is -0.392 e. The molecule has 1 aromatic carbocycles. The van der Waals surface area contributed by atoms with Crippen LogP contribution < -0.4 is 10.6 Å². The summed E-state index contributed by atoms with van der Waals surface area (Å²) in [7, 11) is 0. The quantitative estimate of drug-likeness (QED) is 0.766. The highest BCUT2D eigenvalue weighted by atomic mass is 35.5. The van der Waals surface area contributed by atoms with Crippen LogP contribution in [-0.4, -0.2) is 29.7 Å². The summed E-state index contributed by atoms with van der Waals surface area (Å²) in [5.41, 5.74) is 1.98. The Morgan fingerprint density at radius 2 is 2.25 bits per heavy atom. The number of fused-ring (bicyclic) bond motifs is 1. The molecule has 3 unspecified atom stereocenters. The van der Waals surface area contributed by atoms with Gasteiger partial charge in [0.05, 0.1) is 18.2 Å². The average Bonchev–Trinajstić information content (AvgIpc) is 2.96. The molecule has 0 saturated carbocycles. The van der Waals surface area contributed by atoms with Crippen LogP contribution in [-0.2, 0) is 11.2 Å². The van der Waals surface area contributed by atoms with E-state index in [9.17, 15) is 14.3 Å². The fourth-order valence-corrected chi connectivity index (χ4v) is 2.93. The molecule has 3 rings (SSSR count). The molecule has 0 spiro atoms. The van der Waals surface area contributed by atoms with Crippen LogP contribution in [0.5, 0.6) is 0 Å². The molecule has 6 heteroatoms. The molecular formula is C14H18ClFN2O2. The number of hydrogen-bond acceptors (Lipinski definition) is 3. The third-order valence-corrected chi connectivity index (χ3v) is 3.92. The first kappa shape index (κ1) is 15.2. The monoisotopic (exact) mass is 300 g/mol. The summed E-state index contributed by atoms with van der Waals surface area (Å²) in [6.45, 7) is 0.463. The molecule has 4 nitrogen and oxygen atoms in total. The maximum atomic E-state index is 13.1. The highest BCUT2D eigenvalue weighted by Gasteiger charge is 2.31. The van der Waals surface area contributed by atoms with Crippen molar-refractivity contribution in [2.24, 2.45) is 0 Å². The molecule has 1 fully saturated rings. The van der Waals surface area contributed by atoms with Gasteiger partial charge in [0.15, 0.2) is 0 Å². The number of carbonyl (C=O) groups excluding carboxylic acids is 1. The van der Waals surface area contributed by atoms with E-state index in [4.69, 9.17) is 0 Å². The molecule has 110 valence electrons. The van der Waals surface area contributed by atoms with Crippen LogP contribution >= 0.6 is 12.4 Å². The number of aryl methyl sites for hydroxylation is 1. The van der Waals surface area contributed by atoms with Crippen molar-refractivity contribution in [2.45, 2.75) is 37.5 Å². The number of amides is 1. The minimum atomic E-state index is -0.444. The second-order valence-corrected chi connectivity index (χ2v) is 5.29. The van der Waals surface area contributed by atoms with E-state index in [0.29, 0.717) is 13.0 Å². The van der Waals surface area contributed by atoms with Crippen molar-refractivity contribution < 1.29 is 14.3 Å². The Bertz CT molecular complexity index is 512. The van der Waals surface area contributed by atoms with Gasteiger partial charge in [-0.15, -0.1) is 12.4 Å². The van der Waals surface area contributed by atoms with Crippen molar-refractivity contribution in [1.82, 2.24) is 10.6 Å². The third kappa shape index (κ3) is 2.95. The summed E-state index contributed by atoms with van der Waals surface area (Å²) < 4.78 is 13.1. The molecule has 3 atom stereocenters. The molecular weight excluding hydrogens is 283 g/mol. The second kappa shape index (κ2) is 6.08. The fraction of sp³-hybridized carbons (Fsp3) is 0.500. The lowest BCUT2D eigenvalue weighted by Crippen LogP contribution is -2.41. The number of benzene rings is 1. The molecule has 1 aliphatic heterocycles. The molecule has 0 aromatic heterocycles. The van der Waals surface area contributed by atoms with Gasteiger partial charge in [-0.2, -0.15) is 0 Å². The number of rotatable bonds is 2. The van der Waals surface area contributed by atoms with E-state index in [1.54, 1.807) is 12.1 Å². The minimum absolute atomic E-state index is 0. The van der Waals surface area contributed by atoms with Crippen molar-refractivity contribution in [3.8, 4) is 0 Å². The van der Waals surface area contributed by atoms with Gasteiger partial charge in [-0.25, -0.2) is 4.39 Å². The Labute approximate surface area is 123 Å². The maximum absolute atomic E-state index is 13.1. The van der Waals surface area contributed by atoms with E-state index in [1.807, 2.05) is 0 Å². The van der Waals surface area contributed by atoms with E-state index in [-0.39, 0.29) is 36.2 Å². The average molecular weight is 301 g/mol. The zero-order valence-electron chi connectivity index (χ0n) is 10.9. The highest BCUT2D eigenvalue weighted by molar-refractivity contribution is 5.85. The Morgan fingerprint density at radius 1 is 1.45 bits per heavy atom. The number of nitrogens with one attached hydrogen (secondary N) is 2. The Kier molecular flexibility index (Phi) is 4.62. The molecule has 1 aromatic rings. The molecule has 1 heterocycles. The maximum Gasteiger partial charge on any atom is 0.237 e. The van der Waals surface area contributed by atoms with Gasteiger partial charge in [0, 0.05) is 6.54 Å². The summed E-state index contributed by atoms with van der Waals surface area (Å²) >= 11 is 0. The topological polar surface area (TPSA) is 61.4 Å². The third-order valence-electron chi connectivity index (χ3n) is 3.92. The van der Waals surface area contributed by atoms with Crippen LogP contribution in [0.4, 0.5) is 4.39 Å². The van der Waals surface area contributed by atoms with Crippen LogP contribution in [0.15, 0.2) is 18.2 Å². The summed E-state index contributed by atoms with van der Waals surface area (Å²) in [6, 6.07) is 4.36. The Hall–Kier alpha value is -1.17. The molecule has 0 bridgehead atoms. The molecule has 0 radical (unpaired) electrons. The fourth-order valence-electron chi connectivity index (χ4n) is 2.93. The number of halogens is 2. The summed E-state index contributed by atoms with van der Waals surface area (Å²) in [5, 5.41) is 15.4. The molecule has 1 aliphatic carbocycles. The Morgan fingerprint density at radius 3 is 2.95 bits per heavy atom. The Balaban J connectivity index is 0.00000147. The van der Waals surface area contributed by atoms with Crippen molar-refractivity contribution in [2.75, 3.05) is 6.54 Å². The predicted octanol–water partition coefficient (Wildman–Crippen LogP) is 1.07. The normalized spacial score (nSPS) is 27.8.